The molecule has 1 saturated heterocycles. The summed E-state index contributed by atoms with van der Waals surface area (Å²) in [5.74, 6) is 0. The molecule has 1 rings (SSSR count). The molecule has 5 nitrogen and oxygen atoms in total. The van der Waals surface area contributed by atoms with Gasteiger partial charge in [0.1, 0.15) is 0 Å². The normalized spacial score (nSPS) is 18.7. The first-order valence-electron chi connectivity index (χ1n) is 6.47. The van der Waals surface area contributed by atoms with Crippen LogP contribution in [0.2, 0.25) is 6.04 Å². The van der Waals surface area contributed by atoms with E-state index in [1.807, 2.05) is 0 Å². The molecule has 0 saturated carbocycles. The van der Waals surface area contributed by atoms with Gasteiger partial charge in [-0.3, -0.25) is 0 Å². The van der Waals surface area contributed by atoms with Crippen molar-refractivity contribution in [2.45, 2.75) is 25.8 Å². The first kappa shape index (κ1) is 16.1. The van der Waals surface area contributed by atoms with Gasteiger partial charge in [0.15, 0.2) is 0 Å². The van der Waals surface area contributed by atoms with Crippen molar-refractivity contribution in [3.05, 3.63) is 0 Å². The van der Waals surface area contributed by atoms with Gasteiger partial charge in [0, 0.05) is 39.4 Å². The summed E-state index contributed by atoms with van der Waals surface area (Å²) in [6.07, 6.45) is 2.00. The predicted molar refractivity (Wildman–Crippen MR) is 70.6 cm³/mol. The maximum Gasteiger partial charge on any atom is 0.500 e. The molecular formula is C12H26O5Si. The van der Waals surface area contributed by atoms with E-state index in [1.54, 1.807) is 21.3 Å². The summed E-state index contributed by atoms with van der Waals surface area (Å²) in [5, 5.41) is 0. The molecule has 18 heavy (non-hydrogen) atoms. The third kappa shape index (κ3) is 4.01. The molecule has 1 heterocycles. The maximum absolute atomic E-state index is 5.74. The molecule has 0 atom stereocenters. The van der Waals surface area contributed by atoms with Crippen molar-refractivity contribution in [1.82, 2.24) is 0 Å². The lowest BCUT2D eigenvalue weighted by atomic mass is 9.84. The van der Waals surface area contributed by atoms with E-state index in [4.69, 9.17) is 22.8 Å². The highest BCUT2D eigenvalue weighted by molar-refractivity contribution is 6.60. The van der Waals surface area contributed by atoms with Crippen molar-refractivity contribution in [1.29, 1.82) is 0 Å². The van der Waals surface area contributed by atoms with Crippen molar-refractivity contribution in [2.24, 2.45) is 5.41 Å². The molecule has 0 aliphatic carbocycles. The molecule has 0 unspecified atom stereocenters. The number of hydrogen-bond donors (Lipinski definition) is 0. The second-order valence-corrected chi connectivity index (χ2v) is 7.89. The third-order valence-corrected chi connectivity index (χ3v) is 6.51. The molecule has 1 fully saturated rings. The molecule has 0 amide bonds. The fourth-order valence-corrected chi connectivity index (χ4v) is 3.71. The first-order chi connectivity index (χ1) is 8.66. The van der Waals surface area contributed by atoms with E-state index in [-0.39, 0.29) is 5.41 Å². The Hall–Kier alpha value is 0.0169. The monoisotopic (exact) mass is 278 g/mol. The zero-order valence-electron chi connectivity index (χ0n) is 12.0. The van der Waals surface area contributed by atoms with Crippen molar-refractivity contribution in [2.75, 3.05) is 47.8 Å². The zero-order chi connectivity index (χ0) is 13.5. The molecule has 0 aromatic rings. The lowest BCUT2D eigenvalue weighted by Crippen LogP contribution is -2.46. The molecular weight excluding hydrogens is 252 g/mol. The Morgan fingerprint density at radius 3 is 2.11 bits per heavy atom. The van der Waals surface area contributed by atoms with Gasteiger partial charge >= 0.3 is 8.80 Å². The van der Waals surface area contributed by atoms with Crippen LogP contribution >= 0.6 is 0 Å². The van der Waals surface area contributed by atoms with Gasteiger partial charge in [0.05, 0.1) is 19.8 Å². The topological polar surface area (TPSA) is 46.2 Å². The molecule has 0 bridgehead atoms. The van der Waals surface area contributed by atoms with Crippen molar-refractivity contribution >= 4 is 8.80 Å². The molecule has 108 valence electrons. The largest absolute Gasteiger partial charge is 0.500 e. The highest BCUT2D eigenvalue weighted by atomic mass is 28.4. The van der Waals surface area contributed by atoms with Gasteiger partial charge in [-0.2, -0.15) is 0 Å². The highest BCUT2D eigenvalue weighted by Gasteiger charge is 2.38. The van der Waals surface area contributed by atoms with Gasteiger partial charge in [0.2, 0.25) is 0 Å². The van der Waals surface area contributed by atoms with Gasteiger partial charge in [-0.05, 0) is 12.8 Å². The smallest absolute Gasteiger partial charge is 0.381 e. The van der Waals surface area contributed by atoms with E-state index in [1.165, 1.54) is 0 Å². The molecule has 6 heteroatoms. The summed E-state index contributed by atoms with van der Waals surface area (Å²) in [5.41, 5.74) is 0.262. The van der Waals surface area contributed by atoms with E-state index < -0.39 is 8.80 Å². The van der Waals surface area contributed by atoms with Crippen LogP contribution in [0.15, 0.2) is 0 Å². The lowest BCUT2D eigenvalue weighted by molar-refractivity contribution is -0.150. The number of ether oxygens (including phenoxy) is 2. The van der Waals surface area contributed by atoms with Crippen molar-refractivity contribution in [3.8, 4) is 0 Å². The third-order valence-electron chi connectivity index (χ3n) is 3.68. The second-order valence-electron chi connectivity index (χ2n) is 4.80. The predicted octanol–water partition coefficient (Wildman–Crippen LogP) is 1.70. The number of rotatable bonds is 10. The van der Waals surface area contributed by atoms with Gasteiger partial charge in [0.25, 0.3) is 0 Å². The molecule has 0 radical (unpaired) electrons. The Balaban J connectivity index is 2.14. The average molecular weight is 278 g/mol. The summed E-state index contributed by atoms with van der Waals surface area (Å²) >= 11 is 0. The molecule has 0 aromatic heterocycles. The quantitative estimate of drug-likeness (QED) is 0.449. The van der Waals surface area contributed by atoms with Crippen LogP contribution in [0.25, 0.3) is 0 Å². The summed E-state index contributed by atoms with van der Waals surface area (Å²) in [4.78, 5) is 0. The minimum absolute atomic E-state index is 0.262. The average Bonchev–Trinajstić information content (AvgIpc) is 2.37. The van der Waals surface area contributed by atoms with Crippen LogP contribution < -0.4 is 0 Å². The van der Waals surface area contributed by atoms with Crippen LogP contribution in [0.3, 0.4) is 0 Å². The molecule has 0 aromatic carbocycles. The van der Waals surface area contributed by atoms with Gasteiger partial charge in [-0.15, -0.1) is 0 Å². The van der Waals surface area contributed by atoms with E-state index in [9.17, 15) is 0 Å². The Labute approximate surface area is 111 Å². The van der Waals surface area contributed by atoms with E-state index >= 15 is 0 Å². The minimum atomic E-state index is -2.42. The van der Waals surface area contributed by atoms with E-state index in [0.717, 1.165) is 38.7 Å². The van der Waals surface area contributed by atoms with Crippen LogP contribution in [0.5, 0.6) is 0 Å². The first-order valence-corrected chi connectivity index (χ1v) is 8.40. The highest BCUT2D eigenvalue weighted by Crippen LogP contribution is 2.31. The van der Waals surface area contributed by atoms with Gasteiger partial charge < -0.3 is 22.8 Å². The Morgan fingerprint density at radius 2 is 1.72 bits per heavy atom. The molecule has 1 aliphatic rings. The second kappa shape index (κ2) is 7.57. The Morgan fingerprint density at radius 1 is 1.11 bits per heavy atom. The fraction of sp³-hybridized carbons (Fsp3) is 1.00. The van der Waals surface area contributed by atoms with Gasteiger partial charge in [-0.25, -0.2) is 0 Å². The van der Waals surface area contributed by atoms with Crippen molar-refractivity contribution in [3.63, 3.8) is 0 Å². The van der Waals surface area contributed by atoms with Crippen LogP contribution in [0, 0.1) is 5.41 Å². The lowest BCUT2D eigenvalue weighted by Gasteiger charge is -2.40. The summed E-state index contributed by atoms with van der Waals surface area (Å²) in [6, 6.07) is 0.784. The summed E-state index contributed by atoms with van der Waals surface area (Å²) in [7, 11) is 2.49. The van der Waals surface area contributed by atoms with Crippen LogP contribution in [-0.4, -0.2) is 56.6 Å². The molecule has 0 spiro atoms. The fourth-order valence-electron chi connectivity index (χ4n) is 2.02. The number of hydrogen-bond acceptors (Lipinski definition) is 5. The zero-order valence-corrected chi connectivity index (χ0v) is 13.0. The minimum Gasteiger partial charge on any atom is -0.381 e. The summed E-state index contributed by atoms with van der Waals surface area (Å²) in [6.45, 7) is 5.34. The van der Waals surface area contributed by atoms with Crippen LogP contribution in [0.1, 0.15) is 19.8 Å². The van der Waals surface area contributed by atoms with Gasteiger partial charge in [-0.1, -0.05) is 6.92 Å². The van der Waals surface area contributed by atoms with E-state index in [2.05, 4.69) is 6.92 Å². The molecule has 1 aliphatic heterocycles. The van der Waals surface area contributed by atoms with Crippen LogP contribution in [0.4, 0.5) is 0 Å². The Kier molecular flexibility index (Phi) is 6.76. The standard InChI is InChI=1S/C12H26O5Si/c1-5-12(10-17-11-12)9-16-7-6-8-18(13-2,14-3)15-4/h5-11H2,1-4H3. The van der Waals surface area contributed by atoms with Crippen molar-refractivity contribution < 1.29 is 22.8 Å². The maximum atomic E-state index is 5.74. The Bertz CT molecular complexity index is 215. The summed E-state index contributed by atoms with van der Waals surface area (Å²) < 4.78 is 27.1. The van der Waals surface area contributed by atoms with E-state index in [0.29, 0.717) is 6.61 Å². The SMILES string of the molecule is CCC1(COCCC[Si](OC)(OC)OC)COC1. The van der Waals surface area contributed by atoms with Crippen LogP contribution in [-0.2, 0) is 22.8 Å². The molecule has 0 N–H and O–H groups in total.